The third-order valence-corrected chi connectivity index (χ3v) is 3.11. The van der Waals surface area contributed by atoms with Gasteiger partial charge in [0, 0.05) is 12.5 Å². The molecule has 0 unspecified atom stereocenters. The SMILES string of the molecule is Fc1ccc(CCOc2ccc(Br)c(F)c2)cc1. The van der Waals surface area contributed by atoms with Crippen LogP contribution in [-0.2, 0) is 6.42 Å². The second-order valence-electron chi connectivity index (χ2n) is 3.80. The van der Waals surface area contributed by atoms with E-state index in [1.54, 1.807) is 24.3 Å². The molecule has 0 saturated carbocycles. The Morgan fingerprint density at radius 2 is 1.72 bits per heavy atom. The molecule has 0 heterocycles. The third kappa shape index (κ3) is 3.53. The predicted octanol–water partition coefficient (Wildman–Crippen LogP) is 4.35. The fraction of sp³-hybridized carbons (Fsp3) is 0.143. The number of rotatable bonds is 4. The molecule has 0 aromatic heterocycles. The molecule has 2 aromatic carbocycles. The zero-order valence-electron chi connectivity index (χ0n) is 9.50. The first-order chi connectivity index (χ1) is 8.65. The van der Waals surface area contributed by atoms with Crippen molar-refractivity contribution in [2.24, 2.45) is 0 Å². The molecule has 0 radical (unpaired) electrons. The maximum absolute atomic E-state index is 13.2. The van der Waals surface area contributed by atoms with Gasteiger partial charge in [-0.15, -0.1) is 0 Å². The molecular formula is C14H11BrF2O. The second-order valence-corrected chi connectivity index (χ2v) is 4.66. The van der Waals surface area contributed by atoms with Crippen molar-refractivity contribution < 1.29 is 13.5 Å². The minimum atomic E-state index is -0.353. The van der Waals surface area contributed by atoms with Gasteiger partial charge in [0.1, 0.15) is 17.4 Å². The molecule has 4 heteroatoms. The monoisotopic (exact) mass is 312 g/mol. The lowest BCUT2D eigenvalue weighted by Crippen LogP contribution is -2.01. The predicted molar refractivity (Wildman–Crippen MR) is 69.7 cm³/mol. The minimum Gasteiger partial charge on any atom is -0.493 e. The molecule has 2 rings (SSSR count). The van der Waals surface area contributed by atoms with Crippen molar-refractivity contribution in [3.8, 4) is 5.75 Å². The van der Waals surface area contributed by atoms with E-state index in [-0.39, 0.29) is 11.6 Å². The van der Waals surface area contributed by atoms with Crippen LogP contribution in [0.25, 0.3) is 0 Å². The van der Waals surface area contributed by atoms with E-state index >= 15 is 0 Å². The Kier molecular flexibility index (Phi) is 4.31. The standard InChI is InChI=1S/C14H11BrF2O/c15-13-6-5-12(9-14(13)17)18-8-7-10-1-3-11(16)4-2-10/h1-6,9H,7-8H2. The molecule has 18 heavy (non-hydrogen) atoms. The summed E-state index contributed by atoms with van der Waals surface area (Å²) in [7, 11) is 0. The summed E-state index contributed by atoms with van der Waals surface area (Å²) < 4.78 is 31.7. The van der Waals surface area contributed by atoms with Crippen molar-refractivity contribution in [1.29, 1.82) is 0 Å². The molecule has 0 aliphatic carbocycles. The van der Waals surface area contributed by atoms with Crippen LogP contribution < -0.4 is 4.74 Å². The number of ether oxygens (including phenoxy) is 1. The summed E-state index contributed by atoms with van der Waals surface area (Å²) in [4.78, 5) is 0. The smallest absolute Gasteiger partial charge is 0.141 e. The maximum Gasteiger partial charge on any atom is 0.141 e. The van der Waals surface area contributed by atoms with Gasteiger partial charge in [-0.1, -0.05) is 12.1 Å². The molecule has 0 atom stereocenters. The van der Waals surface area contributed by atoms with Crippen molar-refractivity contribution in [2.45, 2.75) is 6.42 Å². The molecule has 0 spiro atoms. The van der Waals surface area contributed by atoms with E-state index in [2.05, 4.69) is 15.9 Å². The Morgan fingerprint density at radius 1 is 1.00 bits per heavy atom. The highest BCUT2D eigenvalue weighted by molar-refractivity contribution is 9.10. The first-order valence-corrected chi connectivity index (χ1v) is 6.27. The highest BCUT2D eigenvalue weighted by atomic mass is 79.9. The van der Waals surface area contributed by atoms with Gasteiger partial charge in [0.2, 0.25) is 0 Å². The lowest BCUT2D eigenvalue weighted by atomic mass is 10.2. The van der Waals surface area contributed by atoms with Crippen molar-refractivity contribution in [3.05, 3.63) is 64.1 Å². The second kappa shape index (κ2) is 5.96. The Labute approximate surface area is 113 Å². The average Bonchev–Trinajstić information content (AvgIpc) is 2.36. The maximum atomic E-state index is 13.2. The first-order valence-electron chi connectivity index (χ1n) is 5.47. The summed E-state index contributed by atoms with van der Waals surface area (Å²) in [5.74, 6) is -0.123. The first kappa shape index (κ1) is 13.0. The van der Waals surface area contributed by atoms with Crippen LogP contribution >= 0.6 is 15.9 Å². The molecule has 1 nitrogen and oxygen atoms in total. The van der Waals surface area contributed by atoms with E-state index < -0.39 is 0 Å². The highest BCUT2D eigenvalue weighted by Gasteiger charge is 2.01. The van der Waals surface area contributed by atoms with Crippen molar-refractivity contribution in [3.63, 3.8) is 0 Å². The molecule has 0 N–H and O–H groups in total. The van der Waals surface area contributed by atoms with E-state index in [0.717, 1.165) is 5.56 Å². The van der Waals surface area contributed by atoms with Crippen LogP contribution in [0.1, 0.15) is 5.56 Å². The van der Waals surface area contributed by atoms with Crippen LogP contribution in [-0.4, -0.2) is 6.61 Å². The number of hydrogen-bond donors (Lipinski definition) is 0. The van der Waals surface area contributed by atoms with Crippen LogP contribution in [0, 0.1) is 11.6 Å². The fourth-order valence-electron chi connectivity index (χ4n) is 1.50. The highest BCUT2D eigenvalue weighted by Crippen LogP contribution is 2.21. The van der Waals surface area contributed by atoms with Gasteiger partial charge < -0.3 is 4.74 Å². The zero-order chi connectivity index (χ0) is 13.0. The topological polar surface area (TPSA) is 9.23 Å². The molecule has 0 aliphatic heterocycles. The van der Waals surface area contributed by atoms with Gasteiger partial charge in [0.05, 0.1) is 11.1 Å². The summed E-state index contributed by atoms with van der Waals surface area (Å²) >= 11 is 3.07. The summed E-state index contributed by atoms with van der Waals surface area (Å²) in [6, 6.07) is 10.9. The van der Waals surface area contributed by atoms with Gasteiger partial charge in [-0.05, 0) is 45.8 Å². The minimum absolute atomic E-state index is 0.255. The van der Waals surface area contributed by atoms with Gasteiger partial charge in [-0.3, -0.25) is 0 Å². The lowest BCUT2D eigenvalue weighted by molar-refractivity contribution is 0.320. The van der Waals surface area contributed by atoms with Crippen LogP contribution in [0.15, 0.2) is 46.9 Å². The van der Waals surface area contributed by atoms with E-state index in [9.17, 15) is 8.78 Å². The normalized spacial score (nSPS) is 10.4. The quantitative estimate of drug-likeness (QED) is 0.815. The Morgan fingerprint density at radius 3 is 2.39 bits per heavy atom. The van der Waals surface area contributed by atoms with Crippen LogP contribution in [0.5, 0.6) is 5.75 Å². The molecule has 0 fully saturated rings. The molecule has 94 valence electrons. The van der Waals surface area contributed by atoms with E-state index in [0.29, 0.717) is 23.2 Å². The van der Waals surface area contributed by atoms with Crippen molar-refractivity contribution >= 4 is 15.9 Å². The average molecular weight is 313 g/mol. The van der Waals surface area contributed by atoms with Gasteiger partial charge >= 0.3 is 0 Å². The summed E-state index contributed by atoms with van der Waals surface area (Å²) in [5.41, 5.74) is 0.981. The van der Waals surface area contributed by atoms with E-state index in [4.69, 9.17) is 4.74 Å². The number of hydrogen-bond acceptors (Lipinski definition) is 1. The van der Waals surface area contributed by atoms with Crippen LogP contribution in [0.2, 0.25) is 0 Å². The van der Waals surface area contributed by atoms with E-state index in [1.165, 1.54) is 18.2 Å². The summed E-state index contributed by atoms with van der Waals surface area (Å²) in [6.45, 7) is 0.423. The molecule has 0 amide bonds. The van der Waals surface area contributed by atoms with Crippen molar-refractivity contribution in [2.75, 3.05) is 6.61 Å². The molecule has 0 bridgehead atoms. The van der Waals surface area contributed by atoms with Gasteiger partial charge in [-0.25, -0.2) is 8.78 Å². The van der Waals surface area contributed by atoms with Crippen LogP contribution in [0.4, 0.5) is 8.78 Å². The molecule has 0 aliphatic rings. The van der Waals surface area contributed by atoms with E-state index in [1.807, 2.05) is 0 Å². The third-order valence-electron chi connectivity index (χ3n) is 2.46. The fourth-order valence-corrected chi connectivity index (χ4v) is 1.75. The van der Waals surface area contributed by atoms with Gasteiger partial charge in [-0.2, -0.15) is 0 Å². The summed E-state index contributed by atoms with van der Waals surface area (Å²) in [6.07, 6.45) is 0.651. The number of halogens is 3. The Balaban J connectivity index is 1.88. The van der Waals surface area contributed by atoms with Gasteiger partial charge in [0.15, 0.2) is 0 Å². The molecular weight excluding hydrogens is 302 g/mol. The Bertz CT molecular complexity index is 526. The van der Waals surface area contributed by atoms with Crippen molar-refractivity contribution in [1.82, 2.24) is 0 Å². The lowest BCUT2D eigenvalue weighted by Gasteiger charge is -2.06. The summed E-state index contributed by atoms with van der Waals surface area (Å²) in [5, 5.41) is 0. The molecule has 0 saturated heterocycles. The van der Waals surface area contributed by atoms with Crippen LogP contribution in [0.3, 0.4) is 0 Å². The largest absolute Gasteiger partial charge is 0.493 e. The van der Waals surface area contributed by atoms with Gasteiger partial charge in [0.25, 0.3) is 0 Å². The Hall–Kier alpha value is -1.42. The zero-order valence-corrected chi connectivity index (χ0v) is 11.1. The molecule has 2 aromatic rings. The number of benzene rings is 2.